The highest BCUT2D eigenvalue weighted by Gasteiger charge is 2.40. The van der Waals surface area contributed by atoms with Crippen molar-refractivity contribution in [3.63, 3.8) is 0 Å². The molecule has 6 aromatic rings. The van der Waals surface area contributed by atoms with Crippen molar-refractivity contribution in [3.8, 4) is 26.6 Å². The molecular formula is C56H66N8O9S4. The number of hydrogen-bond donors (Lipinski definition) is 4. The van der Waals surface area contributed by atoms with Crippen LogP contribution in [-0.4, -0.2) is 90.4 Å². The molecule has 0 radical (unpaired) electrons. The minimum atomic E-state index is -3.58. The summed E-state index contributed by atoms with van der Waals surface area (Å²) in [5.74, 6) is 2.13. The molecule has 2 aromatic carbocycles. The maximum absolute atomic E-state index is 13.8. The number of nitrogens with one attached hydrogen (secondary N) is 4. The van der Waals surface area contributed by atoms with Gasteiger partial charge in [-0.25, -0.2) is 46.4 Å². The maximum atomic E-state index is 13.8. The molecule has 0 aliphatic heterocycles. The van der Waals surface area contributed by atoms with E-state index in [1.165, 1.54) is 22.7 Å². The highest BCUT2D eigenvalue weighted by molar-refractivity contribution is 7.92. The van der Waals surface area contributed by atoms with Crippen LogP contribution in [0.1, 0.15) is 132 Å². The Morgan fingerprint density at radius 2 is 1.06 bits per heavy atom. The number of anilines is 4. The van der Waals surface area contributed by atoms with Gasteiger partial charge in [0.2, 0.25) is 0 Å². The first kappa shape index (κ1) is 54.2. The number of carbonyl (C=O) groups is 2. The molecule has 4 fully saturated rings. The molecule has 0 bridgehead atoms. The number of thiazole rings is 2. The number of aromatic nitrogens is 4. The van der Waals surface area contributed by atoms with Gasteiger partial charge < -0.3 is 35.5 Å². The molecule has 4 aliphatic carbocycles. The van der Waals surface area contributed by atoms with Crippen molar-refractivity contribution in [2.24, 2.45) is 0 Å². The number of amides is 2. The fourth-order valence-electron chi connectivity index (χ4n) is 9.94. The molecule has 4 aromatic heterocycles. The second-order valence-electron chi connectivity index (χ2n) is 21.1. The van der Waals surface area contributed by atoms with E-state index >= 15 is 0 Å². The highest BCUT2D eigenvalue weighted by Crippen LogP contribution is 2.45. The molecule has 0 spiro atoms. The number of benzene rings is 2. The van der Waals surface area contributed by atoms with E-state index in [-0.39, 0.29) is 46.3 Å². The van der Waals surface area contributed by atoms with Gasteiger partial charge in [0.15, 0.2) is 19.7 Å². The fourth-order valence-corrected chi connectivity index (χ4v) is 16.1. The number of alkyl carbamates (subject to hydrolysis) is 2. The van der Waals surface area contributed by atoms with Crippen molar-refractivity contribution in [1.29, 1.82) is 0 Å². The first-order chi connectivity index (χ1) is 37.0. The lowest BCUT2D eigenvalue weighted by molar-refractivity contribution is 0.0881. The van der Waals surface area contributed by atoms with E-state index in [9.17, 15) is 26.4 Å². The standard InChI is InChI=1S/C56H66N8O9S4/c1-33(2)72-55(65)63-38-10-6-36(7-11-38)53-59-32-48(74-53)46-22-15-41(28-50(46)77(69,70)44-19-20-44)62-52-24-16-42(30-58-52)71-26-25-35(4)73-56(66)64-39-12-8-37(9-13-39)54-60-31-47(75-54)45-21-14-40(61-51-23-5-34(3)29-57-51)27-49(45)76(67,68)43-17-18-43/h5,14-16,21-24,27-33,35-39,43-44H,6-13,17-20,25-26H2,1-4H3,(H,57,61)(H,58,62)(H,63,65)(H,64,66). The molecule has 0 saturated heterocycles. The van der Waals surface area contributed by atoms with Gasteiger partial charge in [0.1, 0.15) is 23.5 Å². The van der Waals surface area contributed by atoms with Gasteiger partial charge in [0.25, 0.3) is 0 Å². The lowest BCUT2D eigenvalue weighted by Gasteiger charge is -2.28. The lowest BCUT2D eigenvalue weighted by atomic mass is 9.86. The van der Waals surface area contributed by atoms with E-state index < -0.39 is 37.1 Å². The monoisotopic (exact) mass is 1120 g/mol. The Kier molecular flexibility index (Phi) is 16.5. The molecular weight excluding hydrogens is 1060 g/mol. The van der Waals surface area contributed by atoms with E-state index in [2.05, 4.69) is 31.2 Å². The average Bonchev–Trinajstić information content (AvgIpc) is 4.38. The number of aryl methyl sites for hydroxylation is 1. The number of sulfone groups is 2. The van der Waals surface area contributed by atoms with Crippen LogP contribution in [0.4, 0.5) is 32.6 Å². The Bertz CT molecular complexity index is 3270. The van der Waals surface area contributed by atoms with Gasteiger partial charge >= 0.3 is 12.2 Å². The van der Waals surface area contributed by atoms with Crippen molar-refractivity contribution in [2.45, 2.75) is 168 Å². The normalized spacial score (nSPS) is 20.2. The minimum Gasteiger partial charge on any atom is -0.492 e. The van der Waals surface area contributed by atoms with Crippen LogP contribution in [0.3, 0.4) is 0 Å². The first-order valence-corrected chi connectivity index (χ1v) is 31.4. The fraction of sp³-hybridized carbons (Fsp3) is 0.464. The molecule has 408 valence electrons. The van der Waals surface area contributed by atoms with Crippen LogP contribution in [0.25, 0.3) is 20.9 Å². The number of hydrogen-bond acceptors (Lipinski definition) is 17. The van der Waals surface area contributed by atoms with Gasteiger partial charge in [-0.2, -0.15) is 0 Å². The van der Waals surface area contributed by atoms with Crippen molar-refractivity contribution in [1.82, 2.24) is 30.6 Å². The summed E-state index contributed by atoms with van der Waals surface area (Å²) in [5.41, 5.74) is 3.59. The molecule has 17 nitrogen and oxygen atoms in total. The van der Waals surface area contributed by atoms with Crippen molar-refractivity contribution < 1.29 is 40.6 Å². The third kappa shape index (κ3) is 13.6. The van der Waals surface area contributed by atoms with E-state index in [0.29, 0.717) is 83.5 Å². The zero-order valence-corrected chi connectivity index (χ0v) is 47.0. The Labute approximate surface area is 458 Å². The molecule has 4 saturated carbocycles. The molecule has 2 amide bonds. The number of pyridine rings is 2. The van der Waals surface area contributed by atoms with Crippen LogP contribution in [0.15, 0.2) is 95.2 Å². The van der Waals surface area contributed by atoms with Crippen LogP contribution in [0, 0.1) is 6.92 Å². The largest absolute Gasteiger partial charge is 0.492 e. The predicted octanol–water partition coefficient (Wildman–Crippen LogP) is 12.2. The van der Waals surface area contributed by atoms with Crippen LogP contribution in [0.5, 0.6) is 5.75 Å². The topological polar surface area (TPSA) is 230 Å². The smallest absolute Gasteiger partial charge is 0.407 e. The summed E-state index contributed by atoms with van der Waals surface area (Å²) in [6.07, 6.45) is 15.1. The van der Waals surface area contributed by atoms with Gasteiger partial charge in [0, 0.05) is 71.4 Å². The Morgan fingerprint density at radius 1 is 0.584 bits per heavy atom. The van der Waals surface area contributed by atoms with Crippen LogP contribution in [-0.2, 0) is 29.1 Å². The summed E-state index contributed by atoms with van der Waals surface area (Å²) in [5, 5.41) is 13.7. The molecule has 4 N–H and O–H groups in total. The summed E-state index contributed by atoms with van der Waals surface area (Å²) in [4.78, 5) is 45.8. The van der Waals surface area contributed by atoms with Gasteiger partial charge in [-0.05, 0) is 153 Å². The molecule has 21 heteroatoms. The van der Waals surface area contributed by atoms with Gasteiger partial charge in [0.05, 0.1) is 59.0 Å². The number of nitrogens with zero attached hydrogens (tertiary/aromatic N) is 4. The zero-order chi connectivity index (χ0) is 53.8. The van der Waals surface area contributed by atoms with Gasteiger partial charge in [-0.3, -0.25) is 0 Å². The summed E-state index contributed by atoms with van der Waals surface area (Å²) in [6.45, 7) is 7.74. The van der Waals surface area contributed by atoms with Crippen LogP contribution in [0.2, 0.25) is 0 Å². The quantitative estimate of drug-likeness (QED) is 0.0557. The number of rotatable bonds is 20. The van der Waals surface area contributed by atoms with Gasteiger partial charge in [-0.1, -0.05) is 18.2 Å². The Balaban J connectivity index is 0.670. The number of carbonyl (C=O) groups excluding carboxylic acids is 2. The Hall–Kier alpha value is -6.16. The molecule has 1 unspecified atom stereocenters. The van der Waals surface area contributed by atoms with Crippen molar-refractivity contribution in [2.75, 3.05) is 17.2 Å². The van der Waals surface area contributed by atoms with Crippen molar-refractivity contribution in [3.05, 3.63) is 101 Å². The second-order valence-corrected chi connectivity index (χ2v) is 27.6. The molecule has 1 atom stereocenters. The highest BCUT2D eigenvalue weighted by atomic mass is 32.2. The first-order valence-electron chi connectivity index (χ1n) is 26.7. The summed E-state index contributed by atoms with van der Waals surface area (Å²) in [6, 6.07) is 18.3. The van der Waals surface area contributed by atoms with Gasteiger partial charge in [-0.15, -0.1) is 22.7 Å². The zero-order valence-electron chi connectivity index (χ0n) is 43.7. The Morgan fingerprint density at radius 3 is 1.51 bits per heavy atom. The van der Waals surface area contributed by atoms with E-state index in [1.54, 1.807) is 49.1 Å². The summed E-state index contributed by atoms with van der Waals surface area (Å²) >= 11 is 3.07. The third-order valence-electron chi connectivity index (χ3n) is 14.5. The molecule has 4 heterocycles. The minimum absolute atomic E-state index is 0.0350. The van der Waals surface area contributed by atoms with Crippen LogP contribution >= 0.6 is 22.7 Å². The van der Waals surface area contributed by atoms with Crippen molar-refractivity contribution >= 4 is 77.5 Å². The SMILES string of the molecule is Cc1ccc(Nc2ccc(-c3cnc(C4CCC(NC(=O)OC(C)CCOc5ccc(Nc6ccc(-c7cnc(C8CCC(NC(=O)OC(C)C)CC8)s7)c(S(=O)(=O)C7CC7)c6)nc5)CC4)s3)c(S(=O)(=O)C3CC3)c2)nc1. The maximum Gasteiger partial charge on any atom is 0.407 e. The lowest BCUT2D eigenvalue weighted by Crippen LogP contribution is -2.39. The van der Waals surface area contributed by atoms with E-state index in [4.69, 9.17) is 24.2 Å². The summed E-state index contributed by atoms with van der Waals surface area (Å²) in [7, 11) is -7.10. The molecule has 4 aliphatic rings. The van der Waals surface area contributed by atoms with Crippen LogP contribution < -0.4 is 26.0 Å². The summed E-state index contributed by atoms with van der Waals surface area (Å²) < 4.78 is 72.0. The molecule has 77 heavy (non-hydrogen) atoms. The van der Waals surface area contributed by atoms with E-state index in [0.717, 1.165) is 76.7 Å². The second kappa shape index (κ2) is 23.4. The van der Waals surface area contributed by atoms with E-state index in [1.807, 2.05) is 64.1 Å². The predicted molar refractivity (Wildman–Crippen MR) is 299 cm³/mol. The average molecular weight is 1120 g/mol. The molecule has 10 rings (SSSR count). The number of ether oxygens (including phenoxy) is 3. The third-order valence-corrected chi connectivity index (χ3v) is 21.5.